The second-order valence-corrected chi connectivity index (χ2v) is 10.6. The number of aliphatic hydroxyl groups is 1. The number of non-ortho nitro benzene ring substituents is 1. The van der Waals surface area contributed by atoms with Crippen molar-refractivity contribution in [2.45, 2.75) is 44.8 Å². The van der Waals surface area contributed by atoms with Crippen LogP contribution in [0.25, 0.3) is 0 Å². The summed E-state index contributed by atoms with van der Waals surface area (Å²) in [4.78, 5) is 40.1. The first kappa shape index (κ1) is 23.7. The van der Waals surface area contributed by atoms with Crippen LogP contribution in [0.2, 0.25) is 0 Å². The molecule has 4 rings (SSSR count). The normalized spacial score (nSPS) is 25.4. The number of aliphatic carboxylic acids is 1. The van der Waals surface area contributed by atoms with Gasteiger partial charge in [0.15, 0.2) is 0 Å². The minimum Gasteiger partial charge on any atom is -0.477 e. The second-order valence-electron chi connectivity index (χ2n) is 9.48. The number of carboxylic acid groups (broad SMARTS) is 1. The fraction of sp³-hybridized carbons (Fsp3) is 0.565. The molecule has 0 bridgehead atoms. The first-order valence-electron chi connectivity index (χ1n) is 11.2. The summed E-state index contributed by atoms with van der Waals surface area (Å²) in [7, 11) is 0. The minimum atomic E-state index is -1.29. The van der Waals surface area contributed by atoms with Gasteiger partial charge < -0.3 is 20.0 Å². The zero-order valence-corrected chi connectivity index (χ0v) is 19.6. The molecule has 1 aromatic carbocycles. The number of likely N-dealkylation sites (tertiary alicyclic amines) is 1. The van der Waals surface area contributed by atoms with Crippen LogP contribution in [0.3, 0.4) is 0 Å². The Hall–Kier alpha value is -2.43. The molecule has 3 aliphatic rings. The number of carbonyl (C=O) groups excluding carboxylic acids is 1. The van der Waals surface area contributed by atoms with E-state index < -0.39 is 28.5 Å². The van der Waals surface area contributed by atoms with Gasteiger partial charge in [-0.05, 0) is 51.8 Å². The number of hydrogen-bond acceptors (Lipinski definition) is 7. The van der Waals surface area contributed by atoms with Crippen molar-refractivity contribution in [2.24, 2.45) is 11.8 Å². The van der Waals surface area contributed by atoms with Gasteiger partial charge in [0, 0.05) is 35.3 Å². The summed E-state index contributed by atoms with van der Waals surface area (Å²) >= 11 is 1.48. The number of nitrogens with zero attached hydrogens (tertiary/aromatic N) is 3. The molecule has 178 valence electrons. The Labute approximate surface area is 196 Å². The molecule has 2 N–H and O–H groups in total. The van der Waals surface area contributed by atoms with Gasteiger partial charge in [-0.1, -0.05) is 12.1 Å². The number of nitro groups is 1. The van der Waals surface area contributed by atoms with E-state index in [2.05, 4.69) is 4.90 Å². The molecule has 0 radical (unpaired) electrons. The highest BCUT2D eigenvalue weighted by Gasteiger charge is 2.63. The standard InChI is InChI=1S/C23H29N3O6S/c1-23(2,30)17-18-16(13-14-5-7-15(8-6-14)26(31)32)20(19(22(28)29)25(18)21(17)27)33-12-11-24-9-3-4-10-24/h5-8,16-18,30H,3-4,9-13H2,1-2H3,(H,28,29)/t16?,17-,18-/m0/s1. The lowest BCUT2D eigenvalue weighted by molar-refractivity contribution is -0.384. The molecule has 0 saturated carbocycles. The monoisotopic (exact) mass is 475 g/mol. The summed E-state index contributed by atoms with van der Waals surface area (Å²) in [5.41, 5.74) is -0.458. The molecular formula is C23H29N3O6S. The van der Waals surface area contributed by atoms with Crippen LogP contribution in [0.1, 0.15) is 32.3 Å². The number of fused-ring (bicyclic) bond motifs is 1. The van der Waals surface area contributed by atoms with Crippen LogP contribution in [0.4, 0.5) is 5.69 Å². The van der Waals surface area contributed by atoms with Crippen LogP contribution in [0, 0.1) is 22.0 Å². The molecule has 10 heteroatoms. The highest BCUT2D eigenvalue weighted by atomic mass is 32.2. The first-order chi connectivity index (χ1) is 15.6. The summed E-state index contributed by atoms with van der Waals surface area (Å²) in [6, 6.07) is 5.76. The summed E-state index contributed by atoms with van der Waals surface area (Å²) in [5, 5.41) is 31.7. The van der Waals surface area contributed by atoms with Crippen LogP contribution in [-0.2, 0) is 16.0 Å². The predicted molar refractivity (Wildman–Crippen MR) is 124 cm³/mol. The molecular weight excluding hydrogens is 446 g/mol. The van der Waals surface area contributed by atoms with Crippen molar-refractivity contribution in [3.05, 3.63) is 50.5 Å². The highest BCUT2D eigenvalue weighted by Crippen LogP contribution is 2.53. The summed E-state index contributed by atoms with van der Waals surface area (Å²) in [5.74, 6) is -1.79. The van der Waals surface area contributed by atoms with Gasteiger partial charge in [0.2, 0.25) is 5.91 Å². The first-order valence-corrected chi connectivity index (χ1v) is 12.2. The lowest BCUT2D eigenvalue weighted by Crippen LogP contribution is -2.67. The number of benzene rings is 1. The molecule has 33 heavy (non-hydrogen) atoms. The number of nitro benzene ring substituents is 1. The van der Waals surface area contributed by atoms with Gasteiger partial charge in [0.25, 0.3) is 5.69 Å². The summed E-state index contributed by atoms with van der Waals surface area (Å²) < 4.78 is 0. The molecule has 3 aliphatic heterocycles. The van der Waals surface area contributed by atoms with E-state index in [9.17, 15) is 29.9 Å². The smallest absolute Gasteiger partial charge is 0.353 e. The maximum Gasteiger partial charge on any atom is 0.353 e. The third-order valence-corrected chi connectivity index (χ3v) is 7.99. The van der Waals surface area contributed by atoms with Crippen molar-refractivity contribution in [1.29, 1.82) is 0 Å². The second kappa shape index (κ2) is 9.08. The third kappa shape index (κ3) is 4.51. The molecule has 0 spiro atoms. The number of rotatable bonds is 9. The largest absolute Gasteiger partial charge is 0.477 e. The number of thioether (sulfide) groups is 1. The SMILES string of the molecule is CC(C)(O)[C@@H]1C(=O)N2C(C(=O)O)=C(SCCN3CCCC3)C(Cc3ccc([N+](=O)[O-])cc3)[C@@H]12. The molecule has 1 aromatic rings. The molecule has 3 atom stereocenters. The van der Waals surface area contributed by atoms with Crippen LogP contribution in [0.5, 0.6) is 0 Å². The quantitative estimate of drug-likeness (QED) is 0.317. The van der Waals surface area contributed by atoms with Crippen molar-refractivity contribution in [3.8, 4) is 0 Å². The maximum absolute atomic E-state index is 12.9. The average Bonchev–Trinajstić information content (AvgIpc) is 3.33. The van der Waals surface area contributed by atoms with Gasteiger partial charge in [-0.2, -0.15) is 0 Å². The van der Waals surface area contributed by atoms with Crippen molar-refractivity contribution in [1.82, 2.24) is 9.80 Å². The minimum absolute atomic E-state index is 0.0121. The zero-order valence-electron chi connectivity index (χ0n) is 18.8. The molecule has 2 fully saturated rings. The van der Waals surface area contributed by atoms with E-state index in [0.717, 1.165) is 25.2 Å². The number of hydrogen-bond donors (Lipinski definition) is 2. The Kier molecular flexibility index (Phi) is 6.52. The summed E-state index contributed by atoms with van der Waals surface area (Å²) in [6.45, 7) is 6.10. The van der Waals surface area contributed by atoms with Gasteiger partial charge in [-0.15, -0.1) is 11.8 Å². The van der Waals surface area contributed by atoms with Crippen molar-refractivity contribution in [2.75, 3.05) is 25.4 Å². The van der Waals surface area contributed by atoms with Gasteiger partial charge in [-0.25, -0.2) is 4.79 Å². The summed E-state index contributed by atoms with van der Waals surface area (Å²) in [6.07, 6.45) is 2.78. The molecule has 1 amide bonds. The fourth-order valence-corrected chi connectivity index (χ4v) is 6.58. The molecule has 9 nitrogen and oxygen atoms in total. The Bertz CT molecular complexity index is 981. The number of amides is 1. The van der Waals surface area contributed by atoms with Crippen LogP contribution >= 0.6 is 11.8 Å². The molecule has 3 heterocycles. The van der Waals surface area contributed by atoms with Crippen LogP contribution < -0.4 is 0 Å². The van der Waals surface area contributed by atoms with E-state index in [1.807, 2.05) is 0 Å². The predicted octanol–water partition coefficient (Wildman–Crippen LogP) is 2.49. The number of carboxylic acids is 1. The van der Waals surface area contributed by atoms with Gasteiger partial charge >= 0.3 is 5.97 Å². The zero-order chi connectivity index (χ0) is 23.9. The topological polar surface area (TPSA) is 124 Å². The van der Waals surface area contributed by atoms with E-state index in [4.69, 9.17) is 0 Å². The lowest BCUT2D eigenvalue weighted by Gasteiger charge is -2.50. The van der Waals surface area contributed by atoms with Crippen molar-refractivity contribution in [3.63, 3.8) is 0 Å². The van der Waals surface area contributed by atoms with Gasteiger partial charge in [-0.3, -0.25) is 14.9 Å². The van der Waals surface area contributed by atoms with E-state index in [1.165, 1.54) is 41.6 Å². The Morgan fingerprint density at radius 2 is 1.88 bits per heavy atom. The molecule has 0 aliphatic carbocycles. The van der Waals surface area contributed by atoms with E-state index >= 15 is 0 Å². The lowest BCUT2D eigenvalue weighted by atomic mass is 9.71. The molecule has 1 unspecified atom stereocenters. The van der Waals surface area contributed by atoms with Gasteiger partial charge in [0.1, 0.15) is 5.70 Å². The Balaban J connectivity index is 1.63. The number of β-lactam (4-membered cyclic amide) rings is 1. The third-order valence-electron chi connectivity index (χ3n) is 6.80. The van der Waals surface area contributed by atoms with Crippen LogP contribution in [0.15, 0.2) is 34.9 Å². The van der Waals surface area contributed by atoms with E-state index in [-0.39, 0.29) is 23.2 Å². The van der Waals surface area contributed by atoms with Gasteiger partial charge in [0.05, 0.1) is 22.5 Å². The van der Waals surface area contributed by atoms with Crippen molar-refractivity contribution < 1.29 is 24.7 Å². The Morgan fingerprint density at radius 3 is 2.42 bits per heavy atom. The molecule has 0 aromatic heterocycles. The van der Waals surface area contributed by atoms with E-state index in [1.54, 1.807) is 26.0 Å². The van der Waals surface area contributed by atoms with Crippen LogP contribution in [-0.4, -0.2) is 73.8 Å². The number of carbonyl (C=O) groups is 2. The average molecular weight is 476 g/mol. The molecule has 2 saturated heterocycles. The Morgan fingerprint density at radius 1 is 1.24 bits per heavy atom. The van der Waals surface area contributed by atoms with Crippen molar-refractivity contribution >= 4 is 29.3 Å². The fourth-order valence-electron chi connectivity index (χ4n) is 5.25. The van der Waals surface area contributed by atoms with E-state index in [0.29, 0.717) is 17.1 Å². The maximum atomic E-state index is 12.9. The highest BCUT2D eigenvalue weighted by molar-refractivity contribution is 8.03.